The van der Waals surface area contributed by atoms with Gasteiger partial charge in [0.05, 0.1) is 12.8 Å². The lowest BCUT2D eigenvalue weighted by atomic mass is 10.7. The highest BCUT2D eigenvalue weighted by Gasteiger charge is 1.98. The molecule has 0 saturated carbocycles. The smallest absolute Gasteiger partial charge is 0.248 e. The maximum absolute atomic E-state index is 4.93. The molecule has 0 unspecified atom stereocenters. The van der Waals surface area contributed by atoms with Crippen LogP contribution in [0.4, 0.5) is 0 Å². The average molecular weight is 153 g/mol. The third-order valence-corrected chi connectivity index (χ3v) is 1.48. The zero-order valence-corrected chi connectivity index (χ0v) is 6.73. The van der Waals surface area contributed by atoms with Gasteiger partial charge in [0.25, 0.3) is 0 Å². The molecule has 60 valence electrons. The minimum absolute atomic E-state index is 0.742. The Balaban J connectivity index is 2.51. The van der Waals surface area contributed by atoms with Crippen LogP contribution in [0.5, 0.6) is 0 Å². The van der Waals surface area contributed by atoms with Crippen LogP contribution in [-0.2, 0) is 11.3 Å². The van der Waals surface area contributed by atoms with E-state index in [9.17, 15) is 0 Å². The molecule has 0 aliphatic rings. The van der Waals surface area contributed by atoms with Crippen LogP contribution >= 0.6 is 0 Å². The highest BCUT2D eigenvalue weighted by molar-refractivity contribution is 5.12. The monoisotopic (exact) mass is 153 g/mol. The number of ether oxygens (including phenoxy) is 1. The number of rotatable bonds is 4. The molecule has 0 atom stereocenters. The van der Waals surface area contributed by atoms with E-state index in [1.54, 1.807) is 13.3 Å². The van der Waals surface area contributed by atoms with E-state index in [1.165, 1.54) is 0 Å². The Morgan fingerprint density at radius 3 is 3.09 bits per heavy atom. The van der Waals surface area contributed by atoms with Gasteiger partial charge in [-0.15, -0.1) is 0 Å². The van der Waals surface area contributed by atoms with Gasteiger partial charge in [-0.2, -0.15) is 0 Å². The second kappa shape index (κ2) is 3.93. The molecule has 0 aromatic carbocycles. The Morgan fingerprint density at radius 1 is 1.73 bits per heavy atom. The zero-order chi connectivity index (χ0) is 8.10. The molecule has 0 spiro atoms. The first-order valence-electron chi connectivity index (χ1n) is 3.55. The van der Waals surface area contributed by atoms with Crippen LogP contribution in [0.25, 0.3) is 6.20 Å². The molecule has 3 nitrogen and oxygen atoms in total. The Morgan fingerprint density at radius 2 is 2.55 bits per heavy atom. The molecule has 0 saturated heterocycles. The Bertz CT molecular complexity index is 230. The van der Waals surface area contributed by atoms with Crippen LogP contribution in [0.1, 0.15) is 0 Å². The number of nitrogens with zero attached hydrogens (tertiary/aromatic N) is 2. The molecule has 3 heteroatoms. The van der Waals surface area contributed by atoms with Crippen LogP contribution in [-0.4, -0.2) is 18.3 Å². The van der Waals surface area contributed by atoms with Gasteiger partial charge in [0, 0.05) is 7.11 Å². The van der Waals surface area contributed by atoms with Gasteiger partial charge in [-0.05, 0) is 0 Å². The average Bonchev–Trinajstić information content (AvgIpc) is 2.48. The van der Waals surface area contributed by atoms with E-state index in [4.69, 9.17) is 4.74 Å². The van der Waals surface area contributed by atoms with Gasteiger partial charge in [-0.3, -0.25) is 0 Å². The van der Waals surface area contributed by atoms with Crippen LogP contribution in [0, 0.1) is 0 Å². The van der Waals surface area contributed by atoms with Crippen molar-refractivity contribution in [1.82, 2.24) is 4.57 Å². The summed E-state index contributed by atoms with van der Waals surface area (Å²) in [4.78, 5) is 0. The van der Waals surface area contributed by atoms with E-state index < -0.39 is 0 Å². The van der Waals surface area contributed by atoms with Crippen molar-refractivity contribution in [3.63, 3.8) is 0 Å². The lowest BCUT2D eigenvalue weighted by molar-refractivity contribution is -0.697. The molecule has 1 aromatic rings. The summed E-state index contributed by atoms with van der Waals surface area (Å²) in [5.41, 5.74) is 0. The first-order valence-corrected chi connectivity index (χ1v) is 3.55. The molecule has 0 N–H and O–H groups in total. The highest BCUT2D eigenvalue weighted by atomic mass is 16.5. The van der Waals surface area contributed by atoms with Crippen molar-refractivity contribution in [1.29, 1.82) is 0 Å². The summed E-state index contributed by atoms with van der Waals surface area (Å²) in [5, 5.41) is 0. The fourth-order valence-electron chi connectivity index (χ4n) is 0.848. The SMILES string of the molecule is C=Cn1cc[n+](CCOC)c1. The van der Waals surface area contributed by atoms with Crippen LogP contribution in [0.2, 0.25) is 0 Å². The van der Waals surface area contributed by atoms with Gasteiger partial charge in [-0.25, -0.2) is 9.13 Å². The number of methoxy groups -OCH3 is 1. The van der Waals surface area contributed by atoms with Crippen molar-refractivity contribution in [3.05, 3.63) is 25.3 Å². The predicted molar refractivity (Wildman–Crippen MR) is 42.9 cm³/mol. The summed E-state index contributed by atoms with van der Waals surface area (Å²) in [6.07, 6.45) is 7.65. The summed E-state index contributed by atoms with van der Waals surface area (Å²) in [5.74, 6) is 0. The third kappa shape index (κ3) is 2.20. The summed E-state index contributed by atoms with van der Waals surface area (Å²) < 4.78 is 8.88. The molecule has 1 heterocycles. The lowest BCUT2D eigenvalue weighted by Crippen LogP contribution is -2.33. The largest absolute Gasteiger partial charge is 0.381 e. The van der Waals surface area contributed by atoms with Crippen molar-refractivity contribution < 1.29 is 9.30 Å². The summed E-state index contributed by atoms with van der Waals surface area (Å²) in [7, 11) is 1.70. The summed E-state index contributed by atoms with van der Waals surface area (Å²) >= 11 is 0. The van der Waals surface area contributed by atoms with Crippen molar-refractivity contribution in [2.45, 2.75) is 6.54 Å². The van der Waals surface area contributed by atoms with Gasteiger partial charge in [0.1, 0.15) is 18.9 Å². The molecule has 0 amide bonds. The van der Waals surface area contributed by atoms with E-state index >= 15 is 0 Å². The maximum atomic E-state index is 4.93. The molecular formula is C8H13N2O+. The highest BCUT2D eigenvalue weighted by Crippen LogP contribution is 1.82. The van der Waals surface area contributed by atoms with Crippen LogP contribution in [0.15, 0.2) is 25.3 Å². The lowest BCUT2D eigenvalue weighted by Gasteiger charge is -1.92. The first kappa shape index (κ1) is 8.01. The second-order valence-electron chi connectivity index (χ2n) is 2.27. The fourth-order valence-corrected chi connectivity index (χ4v) is 0.848. The quantitative estimate of drug-likeness (QED) is 0.577. The van der Waals surface area contributed by atoms with Crippen molar-refractivity contribution in [2.24, 2.45) is 0 Å². The van der Waals surface area contributed by atoms with Crippen molar-refractivity contribution in [3.8, 4) is 0 Å². The fraction of sp³-hybridized carbons (Fsp3) is 0.375. The Labute approximate surface area is 66.5 Å². The molecule has 0 aliphatic carbocycles. The van der Waals surface area contributed by atoms with Gasteiger partial charge in [0.2, 0.25) is 6.33 Å². The number of hydrogen-bond acceptors (Lipinski definition) is 1. The van der Waals surface area contributed by atoms with E-state index in [0.29, 0.717) is 0 Å². The maximum Gasteiger partial charge on any atom is 0.248 e. The summed E-state index contributed by atoms with van der Waals surface area (Å²) in [6, 6.07) is 0. The van der Waals surface area contributed by atoms with E-state index in [0.717, 1.165) is 13.2 Å². The van der Waals surface area contributed by atoms with Crippen molar-refractivity contribution >= 4 is 6.20 Å². The molecular weight excluding hydrogens is 140 g/mol. The first-order chi connectivity index (χ1) is 5.36. The topological polar surface area (TPSA) is 18.0 Å². The zero-order valence-electron chi connectivity index (χ0n) is 6.73. The number of imidazole rings is 1. The van der Waals surface area contributed by atoms with Crippen molar-refractivity contribution in [2.75, 3.05) is 13.7 Å². The van der Waals surface area contributed by atoms with E-state index in [2.05, 4.69) is 6.58 Å². The second-order valence-corrected chi connectivity index (χ2v) is 2.27. The number of hydrogen-bond donors (Lipinski definition) is 0. The predicted octanol–water partition coefficient (Wildman–Crippen LogP) is 0.522. The van der Waals surface area contributed by atoms with Gasteiger partial charge in [0.15, 0.2) is 0 Å². The molecule has 0 radical (unpaired) electrons. The minimum Gasteiger partial charge on any atom is -0.381 e. The Hall–Kier alpha value is -1.09. The Kier molecular flexibility index (Phi) is 2.86. The molecule has 11 heavy (non-hydrogen) atoms. The van der Waals surface area contributed by atoms with Gasteiger partial charge in [-0.1, -0.05) is 6.58 Å². The van der Waals surface area contributed by atoms with E-state index in [1.807, 2.05) is 27.9 Å². The standard InChI is InChI=1S/C8H13N2O/c1-3-9-4-5-10(8-9)6-7-11-2/h3-5,8H,1,6-7H2,2H3/q+1. The number of aromatic nitrogens is 2. The van der Waals surface area contributed by atoms with Gasteiger partial charge < -0.3 is 4.74 Å². The van der Waals surface area contributed by atoms with E-state index in [-0.39, 0.29) is 0 Å². The molecule has 0 aliphatic heterocycles. The van der Waals surface area contributed by atoms with Crippen LogP contribution < -0.4 is 4.57 Å². The normalized spacial score (nSPS) is 9.91. The molecule has 1 aromatic heterocycles. The van der Waals surface area contributed by atoms with Crippen LogP contribution in [0.3, 0.4) is 0 Å². The minimum atomic E-state index is 0.742. The third-order valence-electron chi connectivity index (χ3n) is 1.48. The summed E-state index contributed by atoms with van der Waals surface area (Å²) in [6.45, 7) is 5.27. The van der Waals surface area contributed by atoms with Gasteiger partial charge >= 0.3 is 0 Å². The molecule has 0 fully saturated rings. The molecule has 1 rings (SSSR count). The molecule has 0 bridgehead atoms.